The first kappa shape index (κ1) is 14.3. The van der Waals surface area contributed by atoms with E-state index in [0.29, 0.717) is 0 Å². The second-order valence-electron chi connectivity index (χ2n) is 5.50. The molecule has 0 unspecified atom stereocenters. The first-order chi connectivity index (χ1) is 10.6. The van der Waals surface area contributed by atoms with E-state index in [0.717, 1.165) is 12.8 Å². The molecule has 6 nitrogen and oxygen atoms in total. The van der Waals surface area contributed by atoms with Crippen molar-refractivity contribution < 1.29 is 4.79 Å². The van der Waals surface area contributed by atoms with Crippen molar-refractivity contribution in [1.29, 1.82) is 0 Å². The average Bonchev–Trinajstić information content (AvgIpc) is 2.93. The summed E-state index contributed by atoms with van der Waals surface area (Å²) in [5.41, 5.74) is 1.41. The summed E-state index contributed by atoms with van der Waals surface area (Å²) in [6.07, 6.45) is 3.19. The molecule has 0 saturated carbocycles. The van der Waals surface area contributed by atoms with Crippen molar-refractivity contribution in [1.82, 2.24) is 14.5 Å². The minimum atomic E-state index is -0.568. The Balaban J connectivity index is 1.78. The zero-order chi connectivity index (χ0) is 15.7. The van der Waals surface area contributed by atoms with Crippen LogP contribution in [0.5, 0.6) is 0 Å². The van der Waals surface area contributed by atoms with Gasteiger partial charge in [0, 0.05) is 19.3 Å². The van der Waals surface area contributed by atoms with Gasteiger partial charge >= 0.3 is 5.69 Å². The van der Waals surface area contributed by atoms with Crippen molar-refractivity contribution in [3.05, 3.63) is 68.5 Å². The molecule has 22 heavy (non-hydrogen) atoms. The van der Waals surface area contributed by atoms with Gasteiger partial charge in [-0.05, 0) is 24.0 Å². The molecule has 0 fully saturated rings. The summed E-state index contributed by atoms with van der Waals surface area (Å²) < 4.78 is 1.21. The van der Waals surface area contributed by atoms with Gasteiger partial charge < -0.3 is 4.90 Å². The fourth-order valence-corrected chi connectivity index (χ4v) is 2.94. The monoisotopic (exact) mass is 299 g/mol. The minimum absolute atomic E-state index is 0.0437. The zero-order valence-electron chi connectivity index (χ0n) is 12.3. The number of amides is 1. The molecule has 1 heterocycles. The van der Waals surface area contributed by atoms with Crippen LogP contribution in [0, 0.1) is 0 Å². The Morgan fingerprint density at radius 2 is 2.09 bits per heavy atom. The Morgan fingerprint density at radius 3 is 2.86 bits per heavy atom. The Morgan fingerprint density at radius 1 is 1.32 bits per heavy atom. The molecule has 114 valence electrons. The normalized spacial score (nSPS) is 16.3. The van der Waals surface area contributed by atoms with Crippen LogP contribution < -0.4 is 11.2 Å². The van der Waals surface area contributed by atoms with Crippen molar-refractivity contribution in [2.75, 3.05) is 7.05 Å². The van der Waals surface area contributed by atoms with Crippen molar-refractivity contribution in [2.45, 2.75) is 25.4 Å². The number of H-pyrrole nitrogens is 1. The van der Waals surface area contributed by atoms with Crippen LogP contribution in [0.25, 0.3) is 0 Å². The molecule has 1 N–H and O–H groups in total. The number of carbonyl (C=O) groups is 1. The van der Waals surface area contributed by atoms with E-state index in [4.69, 9.17) is 0 Å². The van der Waals surface area contributed by atoms with Gasteiger partial charge in [-0.1, -0.05) is 24.3 Å². The quantitative estimate of drug-likeness (QED) is 0.905. The number of likely N-dealkylation sites (N-methyl/N-ethyl adjacent to an activating group) is 1. The molecule has 2 aromatic rings. The van der Waals surface area contributed by atoms with Crippen LogP contribution >= 0.6 is 0 Å². The lowest BCUT2D eigenvalue weighted by atomic mass is 10.1. The molecular formula is C16H17N3O3. The van der Waals surface area contributed by atoms with Crippen molar-refractivity contribution in [3.8, 4) is 0 Å². The van der Waals surface area contributed by atoms with Crippen molar-refractivity contribution in [3.63, 3.8) is 0 Å². The third-order valence-corrected chi connectivity index (χ3v) is 4.16. The Labute approximate surface area is 127 Å². The van der Waals surface area contributed by atoms with Gasteiger partial charge in [0.15, 0.2) is 0 Å². The third kappa shape index (κ3) is 2.59. The predicted molar refractivity (Wildman–Crippen MR) is 81.6 cm³/mol. The highest BCUT2D eigenvalue weighted by atomic mass is 16.2. The smallest absolute Gasteiger partial charge is 0.328 e. The summed E-state index contributed by atoms with van der Waals surface area (Å²) in [6.45, 7) is -0.0786. The van der Waals surface area contributed by atoms with Gasteiger partial charge in [0.05, 0.1) is 6.04 Å². The first-order valence-corrected chi connectivity index (χ1v) is 7.19. The molecule has 6 heteroatoms. The van der Waals surface area contributed by atoms with E-state index in [9.17, 15) is 14.4 Å². The van der Waals surface area contributed by atoms with E-state index in [1.165, 1.54) is 28.0 Å². The topological polar surface area (TPSA) is 75.2 Å². The summed E-state index contributed by atoms with van der Waals surface area (Å²) in [5.74, 6) is -0.157. The fourth-order valence-electron chi connectivity index (χ4n) is 2.94. The molecule has 1 aromatic heterocycles. The number of aryl methyl sites for hydroxylation is 1. The Bertz CT molecular complexity index is 822. The number of hydrogen-bond donors (Lipinski definition) is 1. The van der Waals surface area contributed by atoms with Crippen LogP contribution in [0.3, 0.4) is 0 Å². The van der Waals surface area contributed by atoms with Crippen LogP contribution in [0.2, 0.25) is 0 Å². The van der Waals surface area contributed by atoms with E-state index in [1.807, 2.05) is 18.2 Å². The van der Waals surface area contributed by atoms with E-state index in [1.54, 1.807) is 11.9 Å². The molecule has 1 aliphatic carbocycles. The third-order valence-electron chi connectivity index (χ3n) is 4.16. The maximum atomic E-state index is 12.4. The molecular weight excluding hydrogens is 282 g/mol. The molecule has 1 amide bonds. The van der Waals surface area contributed by atoms with E-state index in [-0.39, 0.29) is 18.5 Å². The number of aromatic amines is 1. The summed E-state index contributed by atoms with van der Waals surface area (Å²) in [6, 6.07) is 9.38. The number of benzene rings is 1. The van der Waals surface area contributed by atoms with Crippen LogP contribution in [-0.4, -0.2) is 27.4 Å². The SMILES string of the molecule is CN(C(=O)Cn1ccc(=O)[nH]c1=O)[C@H]1CCc2ccccc21. The minimum Gasteiger partial charge on any atom is -0.337 e. The van der Waals surface area contributed by atoms with Crippen molar-refractivity contribution >= 4 is 5.91 Å². The zero-order valence-corrected chi connectivity index (χ0v) is 12.3. The molecule has 0 aliphatic heterocycles. The first-order valence-electron chi connectivity index (χ1n) is 7.19. The predicted octanol–water partition coefficient (Wildman–Crippen LogP) is 0.682. The molecule has 0 bridgehead atoms. The van der Waals surface area contributed by atoms with Crippen LogP contribution in [-0.2, 0) is 17.8 Å². The Hall–Kier alpha value is -2.63. The molecule has 1 atom stereocenters. The second kappa shape index (κ2) is 5.63. The maximum absolute atomic E-state index is 12.4. The number of aromatic nitrogens is 2. The molecule has 1 aromatic carbocycles. The summed E-state index contributed by atoms with van der Waals surface area (Å²) in [4.78, 5) is 39.0. The number of carbonyl (C=O) groups excluding carboxylic acids is 1. The number of nitrogens with one attached hydrogen (secondary N) is 1. The highest BCUT2D eigenvalue weighted by molar-refractivity contribution is 5.76. The number of hydrogen-bond acceptors (Lipinski definition) is 3. The van der Waals surface area contributed by atoms with Gasteiger partial charge in [-0.25, -0.2) is 4.79 Å². The molecule has 0 spiro atoms. The fraction of sp³-hybridized carbons (Fsp3) is 0.312. The highest BCUT2D eigenvalue weighted by Gasteiger charge is 2.28. The number of fused-ring (bicyclic) bond motifs is 1. The number of nitrogens with zero attached hydrogens (tertiary/aromatic N) is 2. The highest BCUT2D eigenvalue weighted by Crippen LogP contribution is 2.34. The number of rotatable bonds is 3. The second-order valence-corrected chi connectivity index (χ2v) is 5.50. The Kier molecular flexibility index (Phi) is 3.66. The standard InChI is InChI=1S/C16H17N3O3/c1-18(13-7-6-11-4-2-3-5-12(11)13)15(21)10-19-9-8-14(20)17-16(19)22/h2-5,8-9,13H,6-7,10H2,1H3,(H,17,20,22)/t13-/m0/s1. The van der Waals surface area contributed by atoms with Gasteiger partial charge in [-0.2, -0.15) is 0 Å². The molecule has 0 saturated heterocycles. The van der Waals surface area contributed by atoms with Gasteiger partial charge in [-0.15, -0.1) is 0 Å². The van der Waals surface area contributed by atoms with E-state index < -0.39 is 11.2 Å². The van der Waals surface area contributed by atoms with Crippen LogP contribution in [0.1, 0.15) is 23.6 Å². The van der Waals surface area contributed by atoms with Gasteiger partial charge in [-0.3, -0.25) is 19.1 Å². The lowest BCUT2D eigenvalue weighted by Crippen LogP contribution is -2.37. The van der Waals surface area contributed by atoms with E-state index in [2.05, 4.69) is 11.1 Å². The van der Waals surface area contributed by atoms with Crippen LogP contribution in [0.15, 0.2) is 46.1 Å². The maximum Gasteiger partial charge on any atom is 0.328 e. The van der Waals surface area contributed by atoms with E-state index >= 15 is 0 Å². The lowest BCUT2D eigenvalue weighted by Gasteiger charge is -2.25. The summed E-state index contributed by atoms with van der Waals surface area (Å²) >= 11 is 0. The van der Waals surface area contributed by atoms with Gasteiger partial charge in [0.1, 0.15) is 6.54 Å². The average molecular weight is 299 g/mol. The largest absolute Gasteiger partial charge is 0.337 e. The molecule has 1 aliphatic rings. The summed E-state index contributed by atoms with van der Waals surface area (Å²) in [7, 11) is 1.76. The van der Waals surface area contributed by atoms with Crippen molar-refractivity contribution in [2.24, 2.45) is 0 Å². The van der Waals surface area contributed by atoms with Gasteiger partial charge in [0.2, 0.25) is 5.91 Å². The molecule has 0 radical (unpaired) electrons. The molecule has 3 rings (SSSR count). The van der Waals surface area contributed by atoms with Crippen LogP contribution in [0.4, 0.5) is 0 Å². The van der Waals surface area contributed by atoms with Gasteiger partial charge in [0.25, 0.3) is 5.56 Å². The lowest BCUT2D eigenvalue weighted by molar-refractivity contribution is -0.132. The summed E-state index contributed by atoms with van der Waals surface area (Å²) in [5, 5.41) is 0.